The van der Waals surface area contributed by atoms with Gasteiger partial charge in [0.2, 0.25) is 5.91 Å². The fourth-order valence-electron chi connectivity index (χ4n) is 3.41. The SMILES string of the molecule is CC(C)C[C@H](NC1CCOC1O)C(=O)NC(=O)c1cccc2ccccc12. The van der Waals surface area contributed by atoms with Gasteiger partial charge >= 0.3 is 0 Å². The average molecular weight is 370 g/mol. The number of imide groups is 1. The number of hydrogen-bond donors (Lipinski definition) is 3. The Balaban J connectivity index is 1.74. The highest BCUT2D eigenvalue weighted by Gasteiger charge is 2.31. The predicted molar refractivity (Wildman–Crippen MR) is 103 cm³/mol. The second-order valence-corrected chi connectivity index (χ2v) is 7.35. The molecule has 2 unspecified atom stereocenters. The first-order chi connectivity index (χ1) is 13.0. The summed E-state index contributed by atoms with van der Waals surface area (Å²) in [6.07, 6.45) is 0.249. The van der Waals surface area contributed by atoms with Gasteiger partial charge in [-0.3, -0.25) is 20.2 Å². The Morgan fingerprint density at radius 2 is 1.93 bits per heavy atom. The van der Waals surface area contributed by atoms with Crippen molar-refractivity contribution in [3.63, 3.8) is 0 Å². The van der Waals surface area contributed by atoms with E-state index >= 15 is 0 Å². The monoisotopic (exact) mass is 370 g/mol. The Labute approximate surface area is 158 Å². The molecule has 1 saturated heterocycles. The van der Waals surface area contributed by atoms with Gasteiger partial charge < -0.3 is 9.84 Å². The number of benzene rings is 2. The van der Waals surface area contributed by atoms with Crippen LogP contribution in [-0.2, 0) is 9.53 Å². The van der Waals surface area contributed by atoms with Crippen LogP contribution in [0.15, 0.2) is 42.5 Å². The molecule has 27 heavy (non-hydrogen) atoms. The quantitative estimate of drug-likeness (QED) is 0.726. The zero-order valence-corrected chi connectivity index (χ0v) is 15.6. The van der Waals surface area contributed by atoms with E-state index in [0.717, 1.165) is 10.8 Å². The van der Waals surface area contributed by atoms with Gasteiger partial charge in [-0.05, 0) is 35.6 Å². The van der Waals surface area contributed by atoms with E-state index in [1.54, 1.807) is 12.1 Å². The summed E-state index contributed by atoms with van der Waals surface area (Å²) in [7, 11) is 0. The van der Waals surface area contributed by atoms with E-state index in [-0.39, 0.29) is 17.9 Å². The van der Waals surface area contributed by atoms with E-state index in [4.69, 9.17) is 4.74 Å². The van der Waals surface area contributed by atoms with E-state index in [0.29, 0.717) is 25.0 Å². The molecule has 0 spiro atoms. The lowest BCUT2D eigenvalue weighted by Gasteiger charge is -2.24. The highest BCUT2D eigenvalue weighted by molar-refractivity contribution is 6.12. The molecule has 6 nitrogen and oxygen atoms in total. The largest absolute Gasteiger partial charge is 0.367 e. The van der Waals surface area contributed by atoms with Crippen molar-refractivity contribution in [2.45, 2.75) is 45.1 Å². The highest BCUT2D eigenvalue weighted by atomic mass is 16.6. The first-order valence-corrected chi connectivity index (χ1v) is 9.34. The Morgan fingerprint density at radius 3 is 2.63 bits per heavy atom. The maximum absolute atomic E-state index is 12.8. The van der Waals surface area contributed by atoms with Crippen LogP contribution in [0.3, 0.4) is 0 Å². The number of amides is 2. The Hall–Kier alpha value is -2.28. The van der Waals surface area contributed by atoms with Gasteiger partial charge in [0.25, 0.3) is 5.91 Å². The first kappa shape index (κ1) is 19.5. The van der Waals surface area contributed by atoms with E-state index in [1.165, 1.54) is 0 Å². The summed E-state index contributed by atoms with van der Waals surface area (Å²) in [5, 5.41) is 17.3. The standard InChI is InChI=1S/C21H26N2O4/c1-13(2)12-18(22-17-10-11-27-21(17)26)20(25)23-19(24)16-9-5-7-14-6-3-4-8-15(14)16/h3-9,13,17-18,21-22,26H,10-12H2,1-2H3,(H,23,24,25)/t17?,18-,21?/m0/s1. The van der Waals surface area contributed by atoms with E-state index in [2.05, 4.69) is 10.6 Å². The molecule has 144 valence electrons. The molecular weight excluding hydrogens is 344 g/mol. The summed E-state index contributed by atoms with van der Waals surface area (Å²) in [5.74, 6) is -0.559. The number of ether oxygens (including phenoxy) is 1. The van der Waals surface area contributed by atoms with Crippen molar-refractivity contribution in [1.82, 2.24) is 10.6 Å². The van der Waals surface area contributed by atoms with Gasteiger partial charge in [0, 0.05) is 5.56 Å². The number of aliphatic hydroxyl groups excluding tert-OH is 1. The number of carbonyl (C=O) groups is 2. The molecular formula is C21H26N2O4. The minimum absolute atomic E-state index is 0.250. The van der Waals surface area contributed by atoms with Crippen LogP contribution in [-0.4, -0.2) is 41.9 Å². The van der Waals surface area contributed by atoms with Crippen molar-refractivity contribution < 1.29 is 19.4 Å². The number of nitrogens with one attached hydrogen (secondary N) is 2. The third-order valence-electron chi connectivity index (χ3n) is 4.77. The fraction of sp³-hybridized carbons (Fsp3) is 0.429. The molecule has 1 aliphatic rings. The van der Waals surface area contributed by atoms with Crippen LogP contribution < -0.4 is 10.6 Å². The van der Waals surface area contributed by atoms with Crippen molar-refractivity contribution in [2.75, 3.05) is 6.61 Å². The molecule has 1 heterocycles. The molecule has 0 bridgehead atoms. The number of hydrogen-bond acceptors (Lipinski definition) is 5. The van der Waals surface area contributed by atoms with Gasteiger partial charge in [-0.25, -0.2) is 0 Å². The van der Waals surface area contributed by atoms with Crippen molar-refractivity contribution in [3.05, 3.63) is 48.0 Å². The molecule has 6 heteroatoms. The maximum Gasteiger partial charge on any atom is 0.258 e. The first-order valence-electron chi connectivity index (χ1n) is 9.34. The molecule has 2 aromatic carbocycles. The number of fused-ring (bicyclic) bond motifs is 1. The Kier molecular flexibility index (Phi) is 6.21. The minimum atomic E-state index is -0.929. The summed E-state index contributed by atoms with van der Waals surface area (Å²) in [5.41, 5.74) is 0.467. The number of carbonyl (C=O) groups excluding carboxylic acids is 2. The number of aliphatic hydroxyl groups is 1. The molecule has 2 amide bonds. The summed E-state index contributed by atoms with van der Waals surface area (Å²) < 4.78 is 5.14. The van der Waals surface area contributed by atoms with Gasteiger partial charge in [-0.1, -0.05) is 50.2 Å². The molecule has 2 aromatic rings. The third-order valence-corrected chi connectivity index (χ3v) is 4.77. The van der Waals surface area contributed by atoms with Crippen molar-refractivity contribution in [1.29, 1.82) is 0 Å². The van der Waals surface area contributed by atoms with E-state index in [1.807, 2.05) is 44.2 Å². The van der Waals surface area contributed by atoms with Crippen LogP contribution >= 0.6 is 0 Å². The van der Waals surface area contributed by atoms with Crippen molar-refractivity contribution in [2.24, 2.45) is 5.92 Å². The van der Waals surface area contributed by atoms with Crippen molar-refractivity contribution >= 4 is 22.6 Å². The van der Waals surface area contributed by atoms with Gasteiger partial charge in [0.15, 0.2) is 6.29 Å². The lowest BCUT2D eigenvalue weighted by Crippen LogP contribution is -2.52. The normalized spacial score (nSPS) is 20.7. The van der Waals surface area contributed by atoms with Gasteiger partial charge in [0.05, 0.1) is 18.7 Å². The lowest BCUT2D eigenvalue weighted by atomic mass is 10.0. The fourth-order valence-corrected chi connectivity index (χ4v) is 3.41. The van der Waals surface area contributed by atoms with Crippen LogP contribution in [0.5, 0.6) is 0 Å². The highest BCUT2D eigenvalue weighted by Crippen LogP contribution is 2.19. The van der Waals surface area contributed by atoms with Crippen LogP contribution in [0.4, 0.5) is 0 Å². The molecule has 0 radical (unpaired) electrons. The van der Waals surface area contributed by atoms with E-state index < -0.39 is 18.2 Å². The molecule has 1 aliphatic heterocycles. The summed E-state index contributed by atoms with van der Waals surface area (Å²) in [4.78, 5) is 25.5. The smallest absolute Gasteiger partial charge is 0.258 e. The van der Waals surface area contributed by atoms with Crippen molar-refractivity contribution in [3.8, 4) is 0 Å². The predicted octanol–water partition coefficient (Wildman–Crippen LogP) is 2.21. The van der Waals surface area contributed by atoms with Crippen LogP contribution in [0, 0.1) is 5.92 Å². The lowest BCUT2D eigenvalue weighted by molar-refractivity contribution is -0.123. The van der Waals surface area contributed by atoms with Crippen LogP contribution in [0.25, 0.3) is 10.8 Å². The molecule has 0 saturated carbocycles. The molecule has 3 rings (SSSR count). The third kappa shape index (κ3) is 4.71. The maximum atomic E-state index is 12.8. The topological polar surface area (TPSA) is 87.7 Å². The summed E-state index contributed by atoms with van der Waals surface area (Å²) in [6.45, 7) is 4.47. The van der Waals surface area contributed by atoms with Gasteiger partial charge in [-0.15, -0.1) is 0 Å². The second-order valence-electron chi connectivity index (χ2n) is 7.35. The second kappa shape index (κ2) is 8.61. The van der Waals surface area contributed by atoms with Gasteiger partial charge in [-0.2, -0.15) is 0 Å². The molecule has 0 aromatic heterocycles. The van der Waals surface area contributed by atoms with Gasteiger partial charge in [0.1, 0.15) is 0 Å². The molecule has 1 fully saturated rings. The average Bonchev–Trinajstić information content (AvgIpc) is 3.05. The minimum Gasteiger partial charge on any atom is -0.367 e. The summed E-state index contributed by atoms with van der Waals surface area (Å²) in [6, 6.07) is 12.1. The zero-order chi connectivity index (χ0) is 19.4. The molecule has 0 aliphatic carbocycles. The van der Waals surface area contributed by atoms with Crippen LogP contribution in [0.1, 0.15) is 37.0 Å². The Morgan fingerprint density at radius 1 is 1.19 bits per heavy atom. The molecule has 3 atom stereocenters. The zero-order valence-electron chi connectivity index (χ0n) is 15.6. The molecule has 3 N–H and O–H groups in total. The Bertz CT molecular complexity index is 815. The number of rotatable bonds is 6. The summed E-state index contributed by atoms with van der Waals surface area (Å²) >= 11 is 0. The van der Waals surface area contributed by atoms with E-state index in [9.17, 15) is 14.7 Å². The van der Waals surface area contributed by atoms with Crippen LogP contribution in [0.2, 0.25) is 0 Å².